The van der Waals surface area contributed by atoms with Gasteiger partial charge in [0.2, 0.25) is 5.91 Å². The number of halogens is 1. The first-order valence-corrected chi connectivity index (χ1v) is 7.15. The summed E-state index contributed by atoms with van der Waals surface area (Å²) in [6.45, 7) is 3.57. The quantitative estimate of drug-likeness (QED) is 0.618. The number of nitrogens with two attached hydrogens (primary N) is 1. The van der Waals surface area contributed by atoms with E-state index in [-0.39, 0.29) is 23.3 Å². The molecule has 0 unspecified atom stereocenters. The largest absolute Gasteiger partial charge is 0.389 e. The third-order valence-corrected chi connectivity index (χ3v) is 4.18. The van der Waals surface area contributed by atoms with Gasteiger partial charge in [-0.15, -0.1) is 0 Å². The average molecular weight is 356 g/mol. The summed E-state index contributed by atoms with van der Waals surface area (Å²) in [5.74, 6) is -0.689. The van der Waals surface area contributed by atoms with Gasteiger partial charge >= 0.3 is 0 Å². The highest BCUT2D eigenvalue weighted by Crippen LogP contribution is 2.33. The minimum atomic E-state index is -0.867. The van der Waals surface area contributed by atoms with Crippen LogP contribution in [0.2, 0.25) is 0 Å². The molecule has 0 bridgehead atoms. The van der Waals surface area contributed by atoms with E-state index in [1.165, 1.54) is 0 Å². The van der Waals surface area contributed by atoms with Gasteiger partial charge in [-0.1, -0.05) is 18.3 Å². The van der Waals surface area contributed by atoms with Crippen molar-refractivity contribution in [2.24, 2.45) is 5.73 Å². The van der Waals surface area contributed by atoms with E-state index in [0.29, 0.717) is 11.3 Å². The molecule has 0 radical (unpaired) electrons. The Morgan fingerprint density at radius 3 is 2.70 bits per heavy atom. The zero-order chi connectivity index (χ0) is 15.1. The van der Waals surface area contributed by atoms with Crippen LogP contribution in [0, 0.1) is 0 Å². The number of carbonyl (C=O) groups excluding carboxylic acids is 2. The van der Waals surface area contributed by atoms with E-state index in [4.69, 9.17) is 18.0 Å². The lowest BCUT2D eigenvalue weighted by molar-refractivity contribution is -0.135. The smallest absolute Gasteiger partial charge is 0.251 e. The summed E-state index contributed by atoms with van der Waals surface area (Å²) in [5.41, 5.74) is 6.19. The van der Waals surface area contributed by atoms with Gasteiger partial charge in [0.15, 0.2) is 0 Å². The van der Waals surface area contributed by atoms with Gasteiger partial charge in [0.25, 0.3) is 5.91 Å². The molecular formula is C13H14BrN3O2S. The molecule has 0 aliphatic carbocycles. The van der Waals surface area contributed by atoms with Crippen LogP contribution in [0.3, 0.4) is 0 Å². The van der Waals surface area contributed by atoms with E-state index in [0.717, 1.165) is 4.47 Å². The molecule has 1 saturated heterocycles. The van der Waals surface area contributed by atoms with Crippen LogP contribution in [0.1, 0.15) is 19.4 Å². The molecule has 5 nitrogen and oxygen atoms in total. The van der Waals surface area contributed by atoms with Gasteiger partial charge in [-0.3, -0.25) is 14.9 Å². The maximum absolute atomic E-state index is 12.0. The Labute approximate surface area is 130 Å². The lowest BCUT2D eigenvalue weighted by atomic mass is 9.96. The maximum Gasteiger partial charge on any atom is 0.251 e. The summed E-state index contributed by atoms with van der Waals surface area (Å²) in [7, 11) is 0. The van der Waals surface area contributed by atoms with E-state index >= 15 is 0 Å². The molecule has 2 amide bonds. The number of imide groups is 1. The van der Waals surface area contributed by atoms with Crippen LogP contribution >= 0.6 is 28.1 Å². The second-order valence-electron chi connectivity index (χ2n) is 5.02. The summed E-state index contributed by atoms with van der Waals surface area (Å²) < 4.78 is 0.733. The van der Waals surface area contributed by atoms with Crippen molar-refractivity contribution >= 4 is 50.6 Å². The number of hydrogen-bond donors (Lipinski definition) is 2. The van der Waals surface area contributed by atoms with Crippen LogP contribution in [-0.2, 0) is 9.59 Å². The van der Waals surface area contributed by atoms with E-state index in [9.17, 15) is 9.59 Å². The zero-order valence-corrected chi connectivity index (χ0v) is 13.5. The number of benzene rings is 1. The number of thiocarbonyl (C=S) groups is 1. The second-order valence-corrected chi connectivity index (χ2v) is 6.31. The molecule has 1 aromatic carbocycles. The lowest BCUT2D eigenvalue weighted by Gasteiger charge is -2.42. The average Bonchev–Trinajstić information content (AvgIpc) is 2.33. The fourth-order valence-electron chi connectivity index (χ4n) is 2.15. The van der Waals surface area contributed by atoms with Crippen molar-refractivity contribution in [2.75, 3.05) is 11.4 Å². The molecular weight excluding hydrogens is 342 g/mol. The number of hydrogen-bond acceptors (Lipinski definition) is 4. The Morgan fingerprint density at radius 2 is 2.10 bits per heavy atom. The number of rotatable bonds is 2. The Morgan fingerprint density at radius 1 is 1.45 bits per heavy atom. The van der Waals surface area contributed by atoms with Crippen LogP contribution in [0.15, 0.2) is 22.7 Å². The first-order valence-electron chi connectivity index (χ1n) is 5.95. The molecule has 2 rings (SSSR count). The van der Waals surface area contributed by atoms with Crippen LogP contribution in [0.4, 0.5) is 5.69 Å². The van der Waals surface area contributed by atoms with Crippen LogP contribution in [-0.4, -0.2) is 28.9 Å². The molecule has 3 N–H and O–H groups in total. The van der Waals surface area contributed by atoms with Gasteiger partial charge in [-0.2, -0.15) is 0 Å². The molecule has 0 saturated carbocycles. The summed E-state index contributed by atoms with van der Waals surface area (Å²) in [4.78, 5) is 25.6. The van der Waals surface area contributed by atoms with E-state index in [2.05, 4.69) is 21.2 Å². The third kappa shape index (κ3) is 2.43. The number of piperazine rings is 1. The first-order chi connectivity index (χ1) is 9.25. The van der Waals surface area contributed by atoms with Crippen molar-refractivity contribution in [3.05, 3.63) is 28.2 Å². The standard InChI is InChI=1S/C13H14BrN3O2S/c1-13(2)12(19)16-9(18)6-17(13)8-5-3-4-7(14)10(8)11(15)20/h3-5H,6H2,1-2H3,(H2,15,20)(H,16,18,19). The van der Waals surface area contributed by atoms with Crippen molar-refractivity contribution in [3.8, 4) is 0 Å². The van der Waals surface area contributed by atoms with E-state index < -0.39 is 5.54 Å². The molecule has 7 heteroatoms. The van der Waals surface area contributed by atoms with Crippen molar-refractivity contribution < 1.29 is 9.59 Å². The topological polar surface area (TPSA) is 75.4 Å². The predicted octanol–water partition coefficient (Wildman–Crippen LogP) is 1.32. The highest BCUT2D eigenvalue weighted by molar-refractivity contribution is 9.10. The Kier molecular flexibility index (Phi) is 3.84. The maximum atomic E-state index is 12.0. The summed E-state index contributed by atoms with van der Waals surface area (Å²) in [6.07, 6.45) is 0. The van der Waals surface area contributed by atoms with Crippen molar-refractivity contribution in [2.45, 2.75) is 19.4 Å². The van der Waals surface area contributed by atoms with Crippen LogP contribution in [0.25, 0.3) is 0 Å². The van der Waals surface area contributed by atoms with Gasteiger partial charge < -0.3 is 10.6 Å². The minimum Gasteiger partial charge on any atom is -0.389 e. The molecule has 0 spiro atoms. The molecule has 106 valence electrons. The van der Waals surface area contributed by atoms with E-state index in [1.807, 2.05) is 12.1 Å². The fourth-order valence-corrected chi connectivity index (χ4v) is 3.07. The number of amides is 2. The number of nitrogens with one attached hydrogen (secondary N) is 1. The fraction of sp³-hybridized carbons (Fsp3) is 0.308. The number of carbonyl (C=O) groups is 2. The molecule has 20 heavy (non-hydrogen) atoms. The first kappa shape index (κ1) is 14.9. The Balaban J connectivity index is 2.60. The van der Waals surface area contributed by atoms with Crippen LogP contribution < -0.4 is 16.0 Å². The number of anilines is 1. The Bertz CT molecular complexity index is 616. The summed E-state index contributed by atoms with van der Waals surface area (Å²) in [6, 6.07) is 5.43. The van der Waals surface area contributed by atoms with Gasteiger partial charge in [-0.25, -0.2) is 0 Å². The lowest BCUT2D eigenvalue weighted by Crippen LogP contribution is -2.64. The molecule has 0 atom stereocenters. The SMILES string of the molecule is CC1(C)C(=O)NC(=O)CN1c1cccc(Br)c1C(N)=S. The Hall–Kier alpha value is -1.47. The monoisotopic (exact) mass is 355 g/mol. The summed E-state index contributed by atoms with van der Waals surface area (Å²) in [5, 5.41) is 2.34. The molecule has 1 fully saturated rings. The normalized spacial score (nSPS) is 17.9. The molecule has 1 aliphatic heterocycles. The molecule has 1 aromatic rings. The molecule has 0 aromatic heterocycles. The highest BCUT2D eigenvalue weighted by atomic mass is 79.9. The van der Waals surface area contributed by atoms with Gasteiger partial charge in [0.1, 0.15) is 10.5 Å². The predicted molar refractivity (Wildman–Crippen MR) is 84.6 cm³/mol. The van der Waals surface area contributed by atoms with Crippen molar-refractivity contribution in [1.82, 2.24) is 5.32 Å². The zero-order valence-electron chi connectivity index (χ0n) is 11.1. The van der Waals surface area contributed by atoms with E-state index in [1.54, 1.807) is 24.8 Å². The molecule has 1 aliphatic rings. The van der Waals surface area contributed by atoms with Gasteiger partial charge in [0, 0.05) is 15.7 Å². The van der Waals surface area contributed by atoms with Crippen LogP contribution in [0.5, 0.6) is 0 Å². The van der Waals surface area contributed by atoms with Crippen molar-refractivity contribution in [3.63, 3.8) is 0 Å². The second kappa shape index (κ2) is 5.14. The van der Waals surface area contributed by atoms with Gasteiger partial charge in [0.05, 0.1) is 6.54 Å². The third-order valence-electron chi connectivity index (χ3n) is 3.31. The summed E-state index contributed by atoms with van der Waals surface area (Å²) >= 11 is 8.48. The minimum absolute atomic E-state index is 0.0742. The number of nitrogens with zero attached hydrogens (tertiary/aromatic N) is 1. The highest BCUT2D eigenvalue weighted by Gasteiger charge is 2.42. The van der Waals surface area contributed by atoms with Crippen molar-refractivity contribution in [1.29, 1.82) is 0 Å². The van der Waals surface area contributed by atoms with Gasteiger partial charge in [-0.05, 0) is 41.9 Å². The molecule has 1 heterocycles.